The van der Waals surface area contributed by atoms with Gasteiger partial charge in [0.1, 0.15) is 35.6 Å². The summed E-state index contributed by atoms with van der Waals surface area (Å²) in [6, 6.07) is 24.1. The Labute approximate surface area is 355 Å². The largest absolute Gasteiger partial charge is 0.497 e. The minimum Gasteiger partial charge on any atom is -0.497 e. The van der Waals surface area contributed by atoms with E-state index in [-0.39, 0.29) is 43.7 Å². The Morgan fingerprint density at radius 3 is 2.02 bits per heavy atom. The average Bonchev–Trinajstić information content (AvgIpc) is 3.45. The third kappa shape index (κ3) is 8.70. The predicted molar refractivity (Wildman–Crippen MR) is 235 cm³/mol. The molecular weight excluding hydrogens is 847 g/mol. The van der Waals surface area contributed by atoms with Crippen LogP contribution in [0.3, 0.4) is 0 Å². The maximum Gasteiger partial charge on any atom is 0.306 e. The molecule has 9 nitrogen and oxygen atoms in total. The lowest BCUT2D eigenvalue weighted by molar-refractivity contribution is -0.157. The summed E-state index contributed by atoms with van der Waals surface area (Å²) in [5.41, 5.74) is 3.48. The molecule has 0 radical (unpaired) electrons. The van der Waals surface area contributed by atoms with Crippen molar-refractivity contribution in [3.05, 3.63) is 123 Å². The van der Waals surface area contributed by atoms with Crippen molar-refractivity contribution in [2.75, 3.05) is 34.0 Å². The summed E-state index contributed by atoms with van der Waals surface area (Å²) in [6.45, 7) is 16.6. The van der Waals surface area contributed by atoms with Crippen molar-refractivity contribution >= 4 is 57.0 Å². The topological polar surface area (TPSA) is 98.8 Å². The summed E-state index contributed by atoms with van der Waals surface area (Å²) < 4.78 is 43.0. The first-order valence-corrected chi connectivity index (χ1v) is 20.7. The molecule has 306 valence electrons. The van der Waals surface area contributed by atoms with Gasteiger partial charge in [0.25, 0.3) is 0 Å². The number of ether oxygens (including phenoxy) is 7. The van der Waals surface area contributed by atoms with E-state index in [9.17, 15) is 9.59 Å². The molecule has 0 amide bonds. The van der Waals surface area contributed by atoms with Crippen LogP contribution in [-0.2, 0) is 39.7 Å². The lowest BCUT2D eigenvalue weighted by Crippen LogP contribution is -2.35. The first-order chi connectivity index (χ1) is 27.7. The van der Waals surface area contributed by atoms with E-state index in [0.717, 1.165) is 65.0 Å². The van der Waals surface area contributed by atoms with Crippen molar-refractivity contribution < 1.29 is 42.7 Å². The third-order valence-electron chi connectivity index (χ3n) is 10.8. The van der Waals surface area contributed by atoms with Gasteiger partial charge in [-0.1, -0.05) is 74.2 Å². The van der Waals surface area contributed by atoms with Crippen molar-refractivity contribution in [2.24, 2.45) is 5.92 Å². The monoisotopic (exact) mass is 900 g/mol. The molecular formula is C48H53IO9. The molecule has 4 aromatic rings. The molecule has 0 saturated carbocycles. The Bertz CT molecular complexity index is 2170. The number of rotatable bonds is 16. The minimum absolute atomic E-state index is 0.00275. The van der Waals surface area contributed by atoms with E-state index >= 15 is 0 Å². The first-order valence-electron chi connectivity index (χ1n) is 19.6. The van der Waals surface area contributed by atoms with E-state index in [1.54, 1.807) is 14.2 Å². The van der Waals surface area contributed by atoms with Gasteiger partial charge in [0.15, 0.2) is 5.60 Å². The van der Waals surface area contributed by atoms with Crippen LogP contribution in [0, 0.1) is 5.92 Å². The SMILES string of the molecule is C=CC1=C(I)C(C)(OCCOC(=O)CCC(=O)OC(C)C(C)COC(C)(C)C)c2c3c(c4ccccc4c21)OC(c1ccc(OC)cc1)(c1ccc(OC)cc1)C=C3. The van der Waals surface area contributed by atoms with E-state index in [1.165, 1.54) is 0 Å². The van der Waals surface area contributed by atoms with Crippen LogP contribution in [0.15, 0.2) is 95.1 Å². The number of esters is 2. The van der Waals surface area contributed by atoms with Gasteiger partial charge < -0.3 is 33.2 Å². The number of allylic oxidation sites excluding steroid dienone is 2. The lowest BCUT2D eigenvalue weighted by Gasteiger charge is -2.39. The molecule has 0 bridgehead atoms. The summed E-state index contributed by atoms with van der Waals surface area (Å²) in [5.74, 6) is 1.26. The van der Waals surface area contributed by atoms with E-state index in [2.05, 4.69) is 53.5 Å². The summed E-state index contributed by atoms with van der Waals surface area (Å²) in [7, 11) is 3.30. The zero-order valence-electron chi connectivity index (χ0n) is 34.6. The molecule has 1 heterocycles. The lowest BCUT2D eigenvalue weighted by atomic mass is 9.80. The fourth-order valence-electron chi connectivity index (χ4n) is 7.40. The molecule has 0 saturated heterocycles. The van der Waals surface area contributed by atoms with Crippen LogP contribution in [0.2, 0.25) is 0 Å². The highest BCUT2D eigenvalue weighted by Crippen LogP contribution is 2.58. The summed E-state index contributed by atoms with van der Waals surface area (Å²) >= 11 is 2.35. The number of carbonyl (C=O) groups excluding carboxylic acids is 2. The van der Waals surface area contributed by atoms with Gasteiger partial charge >= 0.3 is 11.9 Å². The van der Waals surface area contributed by atoms with Gasteiger partial charge in [-0.2, -0.15) is 0 Å². The van der Waals surface area contributed by atoms with Crippen LogP contribution in [0.25, 0.3) is 22.4 Å². The molecule has 3 atom stereocenters. The molecule has 6 rings (SSSR count). The van der Waals surface area contributed by atoms with Crippen LogP contribution >= 0.6 is 22.6 Å². The second kappa shape index (κ2) is 17.7. The van der Waals surface area contributed by atoms with Gasteiger partial charge in [-0.3, -0.25) is 9.59 Å². The number of methoxy groups -OCH3 is 2. The molecule has 0 spiro atoms. The Morgan fingerprint density at radius 1 is 0.862 bits per heavy atom. The fourth-order valence-corrected chi connectivity index (χ4v) is 8.32. The van der Waals surface area contributed by atoms with E-state index < -0.39 is 23.1 Å². The fraction of sp³-hybridized carbons (Fsp3) is 0.375. The van der Waals surface area contributed by atoms with Crippen LogP contribution in [0.5, 0.6) is 17.2 Å². The Kier molecular flexibility index (Phi) is 13.1. The number of hydrogen-bond acceptors (Lipinski definition) is 9. The summed E-state index contributed by atoms with van der Waals surface area (Å²) in [5, 5.41) is 1.96. The van der Waals surface area contributed by atoms with Crippen LogP contribution in [-0.4, -0.2) is 57.7 Å². The predicted octanol–water partition coefficient (Wildman–Crippen LogP) is 10.5. The van der Waals surface area contributed by atoms with E-state index in [1.807, 2.05) is 108 Å². The number of benzene rings is 4. The molecule has 0 fully saturated rings. The van der Waals surface area contributed by atoms with Crippen molar-refractivity contribution in [3.8, 4) is 17.2 Å². The molecule has 4 aromatic carbocycles. The van der Waals surface area contributed by atoms with E-state index in [4.69, 9.17) is 33.2 Å². The Morgan fingerprint density at radius 2 is 1.45 bits per heavy atom. The average molecular weight is 901 g/mol. The molecule has 58 heavy (non-hydrogen) atoms. The smallest absolute Gasteiger partial charge is 0.306 e. The summed E-state index contributed by atoms with van der Waals surface area (Å²) in [4.78, 5) is 25.3. The molecule has 3 unspecified atom stereocenters. The zero-order valence-corrected chi connectivity index (χ0v) is 36.8. The van der Waals surface area contributed by atoms with Crippen molar-refractivity contribution in [2.45, 2.75) is 77.3 Å². The number of fused-ring (bicyclic) bond motifs is 6. The van der Waals surface area contributed by atoms with Gasteiger partial charge in [-0.05, 0) is 104 Å². The molecule has 2 aliphatic rings. The Balaban J connectivity index is 1.24. The maximum absolute atomic E-state index is 12.8. The van der Waals surface area contributed by atoms with Crippen LogP contribution < -0.4 is 14.2 Å². The highest BCUT2D eigenvalue weighted by Gasteiger charge is 2.47. The van der Waals surface area contributed by atoms with Gasteiger partial charge in [-0.25, -0.2) is 0 Å². The molecule has 0 N–H and O–H groups in total. The highest BCUT2D eigenvalue weighted by molar-refractivity contribution is 14.1. The second-order valence-corrected chi connectivity index (χ2v) is 16.9. The highest BCUT2D eigenvalue weighted by atomic mass is 127. The molecule has 10 heteroatoms. The van der Waals surface area contributed by atoms with Crippen LogP contribution in [0.1, 0.15) is 82.2 Å². The first kappa shape index (κ1) is 42.9. The number of hydrogen-bond donors (Lipinski definition) is 0. The number of halogens is 1. The van der Waals surface area contributed by atoms with Gasteiger partial charge in [-0.15, -0.1) is 0 Å². The molecule has 0 aromatic heterocycles. The standard InChI is InChI=1S/C48H53IO9/c1-10-36-42-37-13-11-12-14-38(37)44-39(25-26-48(58-44,32-15-19-34(52-8)20-16-32)33-17-21-35(53-9)22-18-33)43(42)47(7,45(36)49)55-28-27-54-40(50)23-24-41(51)57-31(3)30(2)29-56-46(4,5)6/h10-22,25-26,30-31H,1,23-24,27-29H2,2-9H3. The second-order valence-electron chi connectivity index (χ2n) is 15.8. The molecule has 1 aliphatic heterocycles. The molecule has 1 aliphatic carbocycles. The van der Waals surface area contributed by atoms with Gasteiger partial charge in [0.2, 0.25) is 0 Å². The quantitative estimate of drug-likeness (QED) is 0.0618. The van der Waals surface area contributed by atoms with Crippen LogP contribution in [0.4, 0.5) is 0 Å². The minimum atomic E-state index is -0.988. The van der Waals surface area contributed by atoms with Crippen molar-refractivity contribution in [1.29, 1.82) is 0 Å². The normalized spacial score (nSPS) is 17.8. The van der Waals surface area contributed by atoms with Gasteiger partial charge in [0, 0.05) is 37.1 Å². The zero-order chi connectivity index (χ0) is 41.8. The number of carbonyl (C=O) groups is 2. The third-order valence-corrected chi connectivity index (χ3v) is 12.4. The van der Waals surface area contributed by atoms with Gasteiger partial charge in [0.05, 0.1) is 45.9 Å². The Hall–Kier alpha value is -4.65. The summed E-state index contributed by atoms with van der Waals surface area (Å²) in [6.07, 6.45) is 5.58. The van der Waals surface area contributed by atoms with Crippen molar-refractivity contribution in [1.82, 2.24) is 0 Å². The van der Waals surface area contributed by atoms with Crippen molar-refractivity contribution in [3.63, 3.8) is 0 Å². The van der Waals surface area contributed by atoms with E-state index in [0.29, 0.717) is 6.61 Å². The maximum atomic E-state index is 12.8.